The molecule has 25 heavy (non-hydrogen) atoms. The summed E-state index contributed by atoms with van der Waals surface area (Å²) in [6, 6.07) is 15.2. The topological polar surface area (TPSA) is 50.4 Å². The fraction of sp³-hybridized carbons (Fsp3) is 0.350. The van der Waals surface area contributed by atoms with Crippen molar-refractivity contribution in [2.24, 2.45) is 0 Å². The van der Waals surface area contributed by atoms with Crippen LogP contribution in [0.15, 0.2) is 53.0 Å². The highest BCUT2D eigenvalue weighted by Gasteiger charge is 2.03. The second-order valence-electron chi connectivity index (χ2n) is 5.85. The molecule has 0 atom stereocenters. The second-order valence-corrected chi connectivity index (χ2v) is 6.76. The maximum absolute atomic E-state index is 12.0. The minimum atomic E-state index is -0.0896. The van der Waals surface area contributed by atoms with Crippen molar-refractivity contribution in [2.45, 2.75) is 32.6 Å². The van der Waals surface area contributed by atoms with Crippen molar-refractivity contribution in [3.05, 3.63) is 53.0 Å². The summed E-state index contributed by atoms with van der Waals surface area (Å²) in [6.07, 6.45) is 4.76. The first-order valence-corrected chi connectivity index (χ1v) is 9.49. The molecule has 4 nitrogen and oxygen atoms in total. The van der Waals surface area contributed by atoms with E-state index < -0.39 is 0 Å². The van der Waals surface area contributed by atoms with Crippen molar-refractivity contribution >= 4 is 33.2 Å². The molecule has 2 N–H and O–H groups in total. The van der Waals surface area contributed by atoms with E-state index >= 15 is 0 Å². The van der Waals surface area contributed by atoms with E-state index in [1.165, 1.54) is 19.3 Å². The van der Waals surface area contributed by atoms with Crippen molar-refractivity contribution in [2.75, 3.05) is 23.8 Å². The number of amides is 1. The summed E-state index contributed by atoms with van der Waals surface area (Å²) in [6.45, 7) is 3.15. The van der Waals surface area contributed by atoms with Crippen molar-refractivity contribution < 1.29 is 9.53 Å². The Labute approximate surface area is 158 Å². The maximum atomic E-state index is 12.0. The summed E-state index contributed by atoms with van der Waals surface area (Å²) < 4.78 is 6.67. The highest BCUT2D eigenvalue weighted by atomic mass is 79.9. The first-order chi connectivity index (χ1) is 12.2. The summed E-state index contributed by atoms with van der Waals surface area (Å²) in [4.78, 5) is 12.0. The molecule has 0 saturated heterocycles. The van der Waals surface area contributed by atoms with E-state index in [1.807, 2.05) is 48.5 Å². The van der Waals surface area contributed by atoms with E-state index in [9.17, 15) is 4.79 Å². The van der Waals surface area contributed by atoms with Crippen LogP contribution in [0, 0.1) is 0 Å². The Morgan fingerprint density at radius 1 is 1.04 bits per heavy atom. The number of carbonyl (C=O) groups excluding carboxylic acids is 1. The third-order valence-corrected chi connectivity index (χ3v) is 4.18. The molecule has 2 aromatic rings. The van der Waals surface area contributed by atoms with Gasteiger partial charge in [0.15, 0.2) is 0 Å². The van der Waals surface area contributed by atoms with Gasteiger partial charge in [-0.1, -0.05) is 48.2 Å². The molecule has 0 fully saturated rings. The lowest BCUT2D eigenvalue weighted by atomic mass is 10.2. The second kappa shape index (κ2) is 10.8. The number of carbonyl (C=O) groups is 1. The lowest BCUT2D eigenvalue weighted by Crippen LogP contribution is -2.21. The molecule has 2 rings (SSSR count). The van der Waals surface area contributed by atoms with E-state index in [1.54, 1.807) is 0 Å². The quantitative estimate of drug-likeness (QED) is 0.516. The molecule has 0 unspecified atom stereocenters. The van der Waals surface area contributed by atoms with E-state index in [-0.39, 0.29) is 12.5 Å². The van der Waals surface area contributed by atoms with Gasteiger partial charge in [0.2, 0.25) is 5.91 Å². The normalized spacial score (nSPS) is 10.3. The molecular formula is C20H25BrN2O2. The van der Waals surface area contributed by atoms with Crippen molar-refractivity contribution in [3.63, 3.8) is 0 Å². The minimum Gasteiger partial charge on any atom is -0.494 e. The van der Waals surface area contributed by atoms with Gasteiger partial charge in [0.1, 0.15) is 5.75 Å². The molecule has 0 radical (unpaired) electrons. The van der Waals surface area contributed by atoms with Crippen LogP contribution in [-0.2, 0) is 4.79 Å². The first kappa shape index (κ1) is 19.3. The monoisotopic (exact) mass is 404 g/mol. The summed E-state index contributed by atoms with van der Waals surface area (Å²) in [5.41, 5.74) is 1.66. The number of benzene rings is 2. The third kappa shape index (κ3) is 7.61. The molecular weight excluding hydrogens is 380 g/mol. The van der Waals surface area contributed by atoms with Gasteiger partial charge < -0.3 is 15.4 Å². The number of halogens is 1. The Kier molecular flexibility index (Phi) is 8.32. The minimum absolute atomic E-state index is 0.0896. The van der Waals surface area contributed by atoms with Gasteiger partial charge in [0.05, 0.1) is 13.2 Å². The van der Waals surface area contributed by atoms with Crippen LogP contribution in [0.3, 0.4) is 0 Å². The average Bonchev–Trinajstić information content (AvgIpc) is 2.61. The number of hydrogen-bond donors (Lipinski definition) is 2. The highest BCUT2D eigenvalue weighted by molar-refractivity contribution is 9.10. The zero-order valence-corrected chi connectivity index (χ0v) is 16.1. The molecule has 0 aromatic heterocycles. The van der Waals surface area contributed by atoms with Gasteiger partial charge in [0.25, 0.3) is 0 Å². The third-order valence-electron chi connectivity index (χ3n) is 3.68. The van der Waals surface area contributed by atoms with Crippen molar-refractivity contribution in [3.8, 4) is 5.75 Å². The van der Waals surface area contributed by atoms with Crippen LogP contribution in [-0.4, -0.2) is 19.1 Å². The van der Waals surface area contributed by atoms with Gasteiger partial charge in [-0.25, -0.2) is 0 Å². The molecule has 0 aliphatic heterocycles. The standard InChI is InChI=1S/C20H25BrN2O2/c1-2-3-4-5-13-25-19-11-9-17(10-12-19)23-20(24)15-22-18-8-6-7-16(21)14-18/h6-12,14,22H,2-5,13,15H2,1H3,(H,23,24). The number of unbranched alkanes of at least 4 members (excludes halogenated alkanes) is 3. The molecule has 0 saturated carbocycles. The van der Waals surface area contributed by atoms with Crippen LogP contribution >= 0.6 is 15.9 Å². The fourth-order valence-corrected chi connectivity index (χ4v) is 2.74. The molecule has 0 aliphatic carbocycles. The highest BCUT2D eigenvalue weighted by Crippen LogP contribution is 2.17. The van der Waals surface area contributed by atoms with Gasteiger partial charge in [-0.05, 0) is 48.9 Å². The molecule has 0 bridgehead atoms. The summed E-state index contributed by atoms with van der Waals surface area (Å²) in [7, 11) is 0. The van der Waals surface area contributed by atoms with Gasteiger partial charge in [-0.15, -0.1) is 0 Å². The van der Waals surface area contributed by atoms with E-state index in [0.717, 1.165) is 34.6 Å². The predicted octanol–water partition coefficient (Wildman–Crippen LogP) is 5.46. The van der Waals surface area contributed by atoms with E-state index in [4.69, 9.17) is 4.74 Å². The van der Waals surface area contributed by atoms with Crippen molar-refractivity contribution in [1.82, 2.24) is 0 Å². The maximum Gasteiger partial charge on any atom is 0.243 e. The smallest absolute Gasteiger partial charge is 0.243 e. The summed E-state index contributed by atoms with van der Waals surface area (Å²) in [5, 5.41) is 5.96. The average molecular weight is 405 g/mol. The van der Waals surface area contributed by atoms with Crippen LogP contribution in [0.2, 0.25) is 0 Å². The van der Waals surface area contributed by atoms with Crippen LogP contribution in [0.5, 0.6) is 5.75 Å². The van der Waals surface area contributed by atoms with Gasteiger partial charge in [0, 0.05) is 15.8 Å². The number of rotatable bonds is 10. The first-order valence-electron chi connectivity index (χ1n) is 8.69. The van der Waals surface area contributed by atoms with Gasteiger partial charge >= 0.3 is 0 Å². The fourth-order valence-electron chi connectivity index (χ4n) is 2.34. The molecule has 134 valence electrons. The Morgan fingerprint density at radius 2 is 1.84 bits per heavy atom. The van der Waals surface area contributed by atoms with Gasteiger partial charge in [-0.3, -0.25) is 4.79 Å². The molecule has 2 aromatic carbocycles. The number of ether oxygens (including phenoxy) is 1. The van der Waals surface area contributed by atoms with Crippen molar-refractivity contribution in [1.29, 1.82) is 0 Å². The van der Waals surface area contributed by atoms with Crippen LogP contribution in [0.1, 0.15) is 32.6 Å². The Hall–Kier alpha value is -2.01. The van der Waals surface area contributed by atoms with Crippen LogP contribution in [0.4, 0.5) is 11.4 Å². The zero-order valence-electron chi connectivity index (χ0n) is 14.6. The summed E-state index contributed by atoms with van der Waals surface area (Å²) >= 11 is 3.41. The van der Waals surface area contributed by atoms with Gasteiger partial charge in [-0.2, -0.15) is 0 Å². The summed E-state index contributed by atoms with van der Waals surface area (Å²) in [5.74, 6) is 0.745. The van der Waals surface area contributed by atoms with E-state index in [2.05, 4.69) is 33.5 Å². The predicted molar refractivity (Wildman–Crippen MR) is 107 cm³/mol. The Bertz CT molecular complexity index is 659. The van der Waals surface area contributed by atoms with E-state index in [0.29, 0.717) is 0 Å². The molecule has 0 heterocycles. The Morgan fingerprint density at radius 3 is 2.56 bits per heavy atom. The number of hydrogen-bond acceptors (Lipinski definition) is 3. The molecule has 1 amide bonds. The number of nitrogens with one attached hydrogen (secondary N) is 2. The lowest BCUT2D eigenvalue weighted by Gasteiger charge is -2.09. The molecule has 0 aliphatic rings. The lowest BCUT2D eigenvalue weighted by molar-refractivity contribution is -0.114. The molecule has 0 spiro atoms. The van der Waals surface area contributed by atoms with Crippen LogP contribution in [0.25, 0.3) is 0 Å². The van der Waals surface area contributed by atoms with Crippen LogP contribution < -0.4 is 15.4 Å². The Balaban J connectivity index is 1.71. The molecule has 5 heteroatoms. The SMILES string of the molecule is CCCCCCOc1ccc(NC(=O)CNc2cccc(Br)c2)cc1. The largest absolute Gasteiger partial charge is 0.494 e. The number of anilines is 2. The zero-order chi connectivity index (χ0) is 17.9.